The highest BCUT2D eigenvalue weighted by atomic mass is 79.9. The molecule has 28 heavy (non-hydrogen) atoms. The first kappa shape index (κ1) is 20.5. The molecule has 0 bridgehead atoms. The lowest BCUT2D eigenvalue weighted by molar-refractivity contribution is -0.124. The topological polar surface area (TPSA) is 71.8 Å². The number of carbonyl (C=O) groups excluding carboxylic acids is 2. The van der Waals surface area contributed by atoms with Crippen molar-refractivity contribution in [2.75, 3.05) is 19.7 Å². The fourth-order valence-electron chi connectivity index (χ4n) is 3.37. The first-order chi connectivity index (χ1) is 13.3. The molecule has 0 radical (unpaired) electrons. The van der Waals surface area contributed by atoms with Crippen molar-refractivity contribution >= 4 is 27.7 Å². The van der Waals surface area contributed by atoms with Gasteiger partial charge in [-0.25, -0.2) is 0 Å². The minimum Gasteiger partial charge on any atom is -0.483 e. The molecule has 1 aliphatic rings. The third kappa shape index (κ3) is 4.76. The lowest BCUT2D eigenvalue weighted by atomic mass is 10.0. The predicted molar refractivity (Wildman–Crippen MR) is 110 cm³/mol. The quantitative estimate of drug-likeness (QED) is 0.755. The highest BCUT2D eigenvalue weighted by Gasteiger charge is 2.26. The molecule has 0 atom stereocenters. The van der Waals surface area contributed by atoms with Crippen LogP contribution in [0, 0.1) is 20.8 Å². The number of hydrogen-bond acceptors (Lipinski definition) is 4. The van der Waals surface area contributed by atoms with Gasteiger partial charge in [0.1, 0.15) is 5.75 Å². The van der Waals surface area contributed by atoms with E-state index < -0.39 is 0 Å². The number of furan rings is 1. The fourth-order valence-corrected chi connectivity index (χ4v) is 3.67. The van der Waals surface area contributed by atoms with Gasteiger partial charge in [0.2, 0.25) is 0 Å². The molecule has 150 valence electrons. The Kier molecular flexibility index (Phi) is 6.44. The number of likely N-dealkylation sites (tertiary alicyclic amines) is 1. The molecule has 0 aliphatic carbocycles. The average molecular weight is 449 g/mol. The lowest BCUT2D eigenvalue weighted by Gasteiger charge is -2.31. The number of benzene rings is 1. The van der Waals surface area contributed by atoms with Gasteiger partial charge in [0.15, 0.2) is 17.0 Å². The molecule has 2 amide bonds. The van der Waals surface area contributed by atoms with Crippen molar-refractivity contribution in [1.82, 2.24) is 10.2 Å². The number of hydrogen-bond donors (Lipinski definition) is 1. The van der Waals surface area contributed by atoms with Crippen LogP contribution in [0.1, 0.15) is 40.1 Å². The van der Waals surface area contributed by atoms with Crippen LogP contribution in [-0.2, 0) is 4.79 Å². The summed E-state index contributed by atoms with van der Waals surface area (Å²) in [5.41, 5.74) is 3.22. The van der Waals surface area contributed by atoms with E-state index >= 15 is 0 Å². The summed E-state index contributed by atoms with van der Waals surface area (Å²) in [5.74, 6) is 0.844. The summed E-state index contributed by atoms with van der Waals surface area (Å²) in [7, 11) is 0. The smallest absolute Gasteiger partial charge is 0.289 e. The molecule has 1 aromatic carbocycles. The summed E-state index contributed by atoms with van der Waals surface area (Å²) >= 11 is 3.21. The van der Waals surface area contributed by atoms with E-state index in [4.69, 9.17) is 9.15 Å². The minimum atomic E-state index is -0.139. The van der Waals surface area contributed by atoms with Gasteiger partial charge in [-0.15, -0.1) is 0 Å². The van der Waals surface area contributed by atoms with Crippen LogP contribution < -0.4 is 10.1 Å². The predicted octanol–water partition coefficient (Wildman–Crippen LogP) is 3.77. The zero-order chi connectivity index (χ0) is 20.3. The first-order valence-electron chi connectivity index (χ1n) is 9.38. The van der Waals surface area contributed by atoms with E-state index in [0.717, 1.165) is 22.4 Å². The van der Waals surface area contributed by atoms with Gasteiger partial charge in [-0.3, -0.25) is 9.59 Å². The maximum Gasteiger partial charge on any atom is 0.289 e. The summed E-state index contributed by atoms with van der Waals surface area (Å²) < 4.78 is 11.6. The molecule has 1 aliphatic heterocycles. The van der Waals surface area contributed by atoms with E-state index in [1.165, 1.54) is 0 Å². The van der Waals surface area contributed by atoms with E-state index in [0.29, 0.717) is 36.4 Å². The molecule has 3 rings (SSSR count). The van der Waals surface area contributed by atoms with Crippen LogP contribution in [0.25, 0.3) is 0 Å². The maximum absolute atomic E-state index is 12.4. The summed E-state index contributed by atoms with van der Waals surface area (Å²) in [6.45, 7) is 7.16. The Hall–Kier alpha value is -2.28. The molecular formula is C21H25BrN2O4. The number of nitrogens with one attached hydrogen (secondary N) is 1. The molecule has 6 nitrogen and oxygen atoms in total. The zero-order valence-electron chi connectivity index (χ0n) is 16.4. The number of halogens is 1. The van der Waals surface area contributed by atoms with Gasteiger partial charge >= 0.3 is 0 Å². The Labute approximate surface area is 173 Å². The van der Waals surface area contributed by atoms with Crippen molar-refractivity contribution in [2.45, 2.75) is 39.7 Å². The second-order valence-corrected chi connectivity index (χ2v) is 7.96. The Bertz CT molecular complexity index is 869. The fraction of sp³-hybridized carbons (Fsp3) is 0.429. The molecule has 2 heterocycles. The summed E-state index contributed by atoms with van der Waals surface area (Å²) in [4.78, 5) is 26.4. The van der Waals surface area contributed by atoms with Gasteiger partial charge in [-0.1, -0.05) is 12.1 Å². The van der Waals surface area contributed by atoms with Crippen molar-refractivity contribution in [3.63, 3.8) is 0 Å². The van der Waals surface area contributed by atoms with Crippen LogP contribution in [0.5, 0.6) is 5.75 Å². The van der Waals surface area contributed by atoms with Crippen LogP contribution >= 0.6 is 15.9 Å². The third-order valence-electron chi connectivity index (χ3n) is 5.15. The van der Waals surface area contributed by atoms with Crippen LogP contribution in [0.4, 0.5) is 0 Å². The summed E-state index contributed by atoms with van der Waals surface area (Å²) in [6.07, 6.45) is 1.42. The second-order valence-electron chi connectivity index (χ2n) is 7.18. The van der Waals surface area contributed by atoms with E-state index in [1.54, 1.807) is 17.0 Å². The largest absolute Gasteiger partial charge is 0.483 e. The molecule has 1 aromatic heterocycles. The lowest BCUT2D eigenvalue weighted by Crippen LogP contribution is -2.47. The minimum absolute atomic E-state index is 0.00923. The third-order valence-corrected chi connectivity index (χ3v) is 5.58. The van der Waals surface area contributed by atoms with Gasteiger partial charge in [-0.2, -0.15) is 0 Å². The normalized spacial score (nSPS) is 14.8. The van der Waals surface area contributed by atoms with E-state index in [9.17, 15) is 9.59 Å². The molecular weight excluding hydrogens is 424 g/mol. The SMILES string of the molecule is Cc1ccc(C)c(OCC(=O)NC2CCN(C(=O)c3ccc(Br)o3)CC2)c1C. The van der Waals surface area contributed by atoms with Crippen molar-refractivity contribution in [3.05, 3.63) is 51.4 Å². The monoisotopic (exact) mass is 448 g/mol. The van der Waals surface area contributed by atoms with Gasteiger partial charge in [-0.05, 0) is 78.4 Å². The van der Waals surface area contributed by atoms with Crippen molar-refractivity contribution in [2.24, 2.45) is 0 Å². The summed E-state index contributed by atoms with van der Waals surface area (Å²) in [5, 5.41) is 3.01. The summed E-state index contributed by atoms with van der Waals surface area (Å²) in [6, 6.07) is 7.46. The molecule has 1 fully saturated rings. The molecule has 1 saturated heterocycles. The van der Waals surface area contributed by atoms with Gasteiger partial charge in [0.25, 0.3) is 11.8 Å². The Morgan fingerprint density at radius 3 is 2.46 bits per heavy atom. The van der Waals surface area contributed by atoms with Crippen LogP contribution in [0.2, 0.25) is 0 Å². The number of nitrogens with zero attached hydrogens (tertiary/aromatic N) is 1. The molecule has 2 aromatic rings. The van der Waals surface area contributed by atoms with Crippen molar-refractivity contribution in [3.8, 4) is 5.75 Å². The van der Waals surface area contributed by atoms with Gasteiger partial charge in [0.05, 0.1) is 0 Å². The molecule has 0 spiro atoms. The van der Waals surface area contributed by atoms with E-state index in [-0.39, 0.29) is 24.5 Å². The number of carbonyl (C=O) groups is 2. The Morgan fingerprint density at radius 1 is 1.14 bits per heavy atom. The molecule has 0 saturated carbocycles. The number of ether oxygens (including phenoxy) is 1. The van der Waals surface area contributed by atoms with Crippen LogP contribution in [-0.4, -0.2) is 42.5 Å². The molecule has 1 N–H and O–H groups in total. The van der Waals surface area contributed by atoms with Crippen LogP contribution in [0.15, 0.2) is 33.4 Å². The van der Waals surface area contributed by atoms with Gasteiger partial charge < -0.3 is 19.4 Å². The van der Waals surface area contributed by atoms with Crippen molar-refractivity contribution < 1.29 is 18.7 Å². The number of rotatable bonds is 5. The molecule has 0 unspecified atom stereocenters. The highest BCUT2D eigenvalue weighted by molar-refractivity contribution is 9.10. The Balaban J connectivity index is 1.46. The number of amides is 2. The average Bonchev–Trinajstić information content (AvgIpc) is 3.11. The number of aryl methyl sites for hydroxylation is 2. The second kappa shape index (κ2) is 8.82. The maximum atomic E-state index is 12.4. The standard InChI is InChI=1S/C21H25BrN2O4/c1-13-4-5-14(2)20(15(13)3)27-12-19(25)23-16-8-10-24(11-9-16)21(26)17-6-7-18(22)28-17/h4-7,16H,8-12H2,1-3H3,(H,23,25). The highest BCUT2D eigenvalue weighted by Crippen LogP contribution is 2.25. The Morgan fingerprint density at radius 2 is 1.82 bits per heavy atom. The zero-order valence-corrected chi connectivity index (χ0v) is 18.0. The van der Waals surface area contributed by atoms with Gasteiger partial charge in [0, 0.05) is 19.1 Å². The van der Waals surface area contributed by atoms with E-state index in [2.05, 4.69) is 21.2 Å². The molecule has 7 heteroatoms. The number of piperidine rings is 1. The first-order valence-corrected chi connectivity index (χ1v) is 10.2. The van der Waals surface area contributed by atoms with E-state index in [1.807, 2.05) is 32.9 Å². The van der Waals surface area contributed by atoms with Crippen molar-refractivity contribution in [1.29, 1.82) is 0 Å². The van der Waals surface area contributed by atoms with Crippen LogP contribution in [0.3, 0.4) is 0 Å².